The largest absolute Gasteiger partial charge is 0.467 e. The van der Waals surface area contributed by atoms with Crippen LogP contribution in [0, 0.1) is 5.92 Å². The number of hydrogen-bond acceptors (Lipinski definition) is 5. The van der Waals surface area contributed by atoms with Crippen LogP contribution in [0.1, 0.15) is 25.7 Å². The minimum absolute atomic E-state index is 0.131. The van der Waals surface area contributed by atoms with Gasteiger partial charge in [0.25, 0.3) is 0 Å². The van der Waals surface area contributed by atoms with Crippen LogP contribution in [0.3, 0.4) is 0 Å². The van der Waals surface area contributed by atoms with E-state index in [2.05, 4.69) is 20.6 Å². The lowest BCUT2D eigenvalue weighted by Gasteiger charge is -2.33. The summed E-state index contributed by atoms with van der Waals surface area (Å²) in [5, 5.41) is 6.87. The molecule has 1 aliphatic carbocycles. The Kier molecular flexibility index (Phi) is 3.65. The molecular formula is C13H17ClN4O2. The Morgan fingerprint density at radius 3 is 2.95 bits per heavy atom. The molecule has 1 saturated heterocycles. The second kappa shape index (κ2) is 5.44. The normalized spacial score (nSPS) is 26.0. The summed E-state index contributed by atoms with van der Waals surface area (Å²) in [4.78, 5) is 19.7. The molecule has 108 valence electrons. The Hall–Kier alpha value is -1.56. The molecule has 0 bridgehead atoms. The number of nitrogens with zero attached hydrogens (tertiary/aromatic N) is 2. The fourth-order valence-electron chi connectivity index (χ4n) is 2.61. The lowest BCUT2D eigenvalue weighted by molar-refractivity contribution is -0.123. The highest BCUT2D eigenvalue weighted by atomic mass is 35.5. The number of anilines is 1. The number of piperidine rings is 1. The van der Waals surface area contributed by atoms with Crippen LogP contribution in [0.5, 0.6) is 6.01 Å². The summed E-state index contributed by atoms with van der Waals surface area (Å²) in [6.45, 7) is 0. The topological polar surface area (TPSA) is 76.1 Å². The molecule has 0 spiro atoms. The SMILES string of the molecule is COc1ncc(Cl)c(N[C@@H]2CCC(=O)N[C@H]2C2CC2)n1. The monoisotopic (exact) mass is 296 g/mol. The number of methoxy groups -OCH3 is 1. The van der Waals surface area contributed by atoms with E-state index in [1.165, 1.54) is 26.1 Å². The molecule has 6 nitrogen and oxygen atoms in total. The zero-order valence-electron chi connectivity index (χ0n) is 11.2. The predicted octanol–water partition coefficient (Wildman–Crippen LogP) is 1.61. The lowest BCUT2D eigenvalue weighted by Crippen LogP contribution is -2.52. The molecule has 0 unspecified atom stereocenters. The molecular weight excluding hydrogens is 280 g/mol. The molecule has 2 atom stereocenters. The standard InChI is InChI=1S/C13H17ClN4O2/c1-20-13-15-6-8(14)12(18-13)16-9-4-5-10(19)17-11(9)7-2-3-7/h6-7,9,11H,2-5H2,1H3,(H,17,19)(H,15,16,18)/t9-,11+/m1/s1. The highest BCUT2D eigenvalue weighted by molar-refractivity contribution is 6.32. The van der Waals surface area contributed by atoms with Crippen LogP contribution >= 0.6 is 11.6 Å². The zero-order valence-corrected chi connectivity index (χ0v) is 12.0. The lowest BCUT2D eigenvalue weighted by atomic mass is 9.94. The van der Waals surface area contributed by atoms with Gasteiger partial charge in [-0.15, -0.1) is 0 Å². The first-order valence-electron chi connectivity index (χ1n) is 6.80. The van der Waals surface area contributed by atoms with Crippen LogP contribution < -0.4 is 15.4 Å². The summed E-state index contributed by atoms with van der Waals surface area (Å²) in [6, 6.07) is 0.588. The van der Waals surface area contributed by atoms with Gasteiger partial charge in [-0.05, 0) is 25.2 Å². The van der Waals surface area contributed by atoms with E-state index in [9.17, 15) is 4.79 Å². The van der Waals surface area contributed by atoms with Gasteiger partial charge in [-0.1, -0.05) is 11.6 Å². The van der Waals surface area contributed by atoms with Gasteiger partial charge in [-0.3, -0.25) is 4.79 Å². The van der Waals surface area contributed by atoms with E-state index in [1.54, 1.807) is 0 Å². The molecule has 2 fully saturated rings. The highest BCUT2D eigenvalue weighted by Crippen LogP contribution is 2.37. The van der Waals surface area contributed by atoms with Crippen molar-refractivity contribution in [2.45, 2.75) is 37.8 Å². The number of aromatic nitrogens is 2. The van der Waals surface area contributed by atoms with Crippen LogP contribution in [0.15, 0.2) is 6.20 Å². The summed E-state index contributed by atoms with van der Waals surface area (Å²) in [5.41, 5.74) is 0. The summed E-state index contributed by atoms with van der Waals surface area (Å²) >= 11 is 6.11. The van der Waals surface area contributed by atoms with Crippen molar-refractivity contribution in [1.29, 1.82) is 0 Å². The minimum Gasteiger partial charge on any atom is -0.467 e. The maximum Gasteiger partial charge on any atom is 0.318 e. The molecule has 1 saturated carbocycles. The molecule has 1 aromatic rings. The van der Waals surface area contributed by atoms with Gasteiger partial charge in [0.1, 0.15) is 5.02 Å². The van der Waals surface area contributed by atoms with Crippen LogP contribution in [0.25, 0.3) is 0 Å². The highest BCUT2D eigenvalue weighted by Gasteiger charge is 2.40. The first-order chi connectivity index (χ1) is 9.67. The molecule has 1 amide bonds. The van der Waals surface area contributed by atoms with Crippen molar-refractivity contribution in [3.05, 3.63) is 11.2 Å². The Balaban J connectivity index is 1.76. The Morgan fingerprint density at radius 1 is 1.45 bits per heavy atom. The maximum absolute atomic E-state index is 11.6. The van der Waals surface area contributed by atoms with E-state index < -0.39 is 0 Å². The zero-order chi connectivity index (χ0) is 14.1. The first kappa shape index (κ1) is 13.4. The van der Waals surface area contributed by atoms with Crippen LogP contribution in [-0.2, 0) is 4.79 Å². The number of ether oxygens (including phenoxy) is 1. The van der Waals surface area contributed by atoms with E-state index in [0.29, 0.717) is 23.2 Å². The number of nitrogens with one attached hydrogen (secondary N) is 2. The van der Waals surface area contributed by atoms with Crippen LogP contribution in [0.2, 0.25) is 5.02 Å². The van der Waals surface area contributed by atoms with Crippen molar-refractivity contribution in [2.24, 2.45) is 5.92 Å². The third-order valence-corrected chi connectivity index (χ3v) is 4.08. The Morgan fingerprint density at radius 2 is 2.25 bits per heavy atom. The number of carbonyl (C=O) groups is 1. The average molecular weight is 297 g/mol. The smallest absolute Gasteiger partial charge is 0.318 e. The molecule has 7 heteroatoms. The summed E-state index contributed by atoms with van der Waals surface area (Å²) < 4.78 is 5.01. The van der Waals surface area contributed by atoms with Gasteiger partial charge in [0.05, 0.1) is 19.3 Å². The fourth-order valence-corrected chi connectivity index (χ4v) is 2.76. The van der Waals surface area contributed by atoms with Gasteiger partial charge in [0.2, 0.25) is 5.91 Å². The molecule has 0 aromatic carbocycles. The van der Waals surface area contributed by atoms with Gasteiger partial charge in [-0.2, -0.15) is 4.98 Å². The third-order valence-electron chi connectivity index (χ3n) is 3.80. The predicted molar refractivity (Wildman–Crippen MR) is 74.9 cm³/mol. The van der Waals surface area contributed by atoms with E-state index in [4.69, 9.17) is 16.3 Å². The van der Waals surface area contributed by atoms with Crippen molar-refractivity contribution in [2.75, 3.05) is 12.4 Å². The van der Waals surface area contributed by atoms with Crippen LogP contribution in [-0.4, -0.2) is 35.1 Å². The van der Waals surface area contributed by atoms with Crippen LogP contribution in [0.4, 0.5) is 5.82 Å². The van der Waals surface area contributed by atoms with Crippen molar-refractivity contribution >= 4 is 23.3 Å². The molecule has 0 radical (unpaired) electrons. The number of halogens is 1. The maximum atomic E-state index is 11.6. The Labute approximate surface area is 122 Å². The second-order valence-corrected chi connectivity index (χ2v) is 5.68. The summed E-state index contributed by atoms with van der Waals surface area (Å²) in [6.07, 6.45) is 5.17. The van der Waals surface area contributed by atoms with E-state index >= 15 is 0 Å². The molecule has 2 N–H and O–H groups in total. The van der Waals surface area contributed by atoms with Gasteiger partial charge in [0.15, 0.2) is 5.82 Å². The molecule has 2 heterocycles. The minimum atomic E-state index is 0.131. The third kappa shape index (κ3) is 2.80. The average Bonchev–Trinajstić information content (AvgIpc) is 3.27. The molecule has 3 rings (SSSR count). The summed E-state index contributed by atoms with van der Waals surface area (Å²) in [7, 11) is 1.51. The molecule has 20 heavy (non-hydrogen) atoms. The van der Waals surface area contributed by atoms with Gasteiger partial charge in [0, 0.05) is 12.5 Å². The number of amides is 1. The first-order valence-corrected chi connectivity index (χ1v) is 7.17. The van der Waals surface area contributed by atoms with Gasteiger partial charge in [-0.25, -0.2) is 4.98 Å². The molecule has 1 aromatic heterocycles. The molecule has 1 aliphatic heterocycles. The fraction of sp³-hybridized carbons (Fsp3) is 0.615. The van der Waals surface area contributed by atoms with Gasteiger partial charge >= 0.3 is 6.01 Å². The van der Waals surface area contributed by atoms with E-state index in [1.807, 2.05) is 0 Å². The van der Waals surface area contributed by atoms with E-state index in [0.717, 1.165) is 6.42 Å². The van der Waals surface area contributed by atoms with Crippen molar-refractivity contribution in [3.63, 3.8) is 0 Å². The van der Waals surface area contributed by atoms with Crippen molar-refractivity contribution < 1.29 is 9.53 Å². The number of carbonyl (C=O) groups excluding carboxylic acids is 1. The van der Waals surface area contributed by atoms with E-state index in [-0.39, 0.29) is 24.0 Å². The summed E-state index contributed by atoms with van der Waals surface area (Å²) in [5.74, 6) is 1.26. The molecule has 2 aliphatic rings. The van der Waals surface area contributed by atoms with Crippen molar-refractivity contribution in [3.8, 4) is 6.01 Å². The number of hydrogen-bond donors (Lipinski definition) is 2. The second-order valence-electron chi connectivity index (χ2n) is 5.27. The van der Waals surface area contributed by atoms with Gasteiger partial charge < -0.3 is 15.4 Å². The Bertz CT molecular complexity index is 521. The number of rotatable bonds is 4. The van der Waals surface area contributed by atoms with Crippen molar-refractivity contribution in [1.82, 2.24) is 15.3 Å². The quantitative estimate of drug-likeness (QED) is 0.883.